The Morgan fingerprint density at radius 3 is 2.41 bits per heavy atom. The van der Waals surface area contributed by atoms with Crippen molar-refractivity contribution in [3.63, 3.8) is 0 Å². The first-order valence-electron chi connectivity index (χ1n) is 5.38. The van der Waals surface area contributed by atoms with E-state index in [4.69, 9.17) is 0 Å². The minimum atomic E-state index is -4.40. The van der Waals surface area contributed by atoms with E-state index in [0.717, 1.165) is 0 Å². The second-order valence-corrected chi connectivity index (χ2v) is 4.15. The van der Waals surface area contributed by atoms with Gasteiger partial charge in [0.1, 0.15) is 12.3 Å². The molecule has 1 aliphatic carbocycles. The Hall–Kier alpha value is -1.27. The average molecular weight is 252 g/mol. The van der Waals surface area contributed by atoms with Gasteiger partial charge in [0, 0.05) is 25.9 Å². The van der Waals surface area contributed by atoms with Crippen molar-refractivity contribution in [1.82, 2.24) is 10.2 Å². The van der Waals surface area contributed by atoms with Crippen molar-refractivity contribution in [2.75, 3.05) is 13.6 Å². The van der Waals surface area contributed by atoms with E-state index in [9.17, 15) is 22.8 Å². The first-order chi connectivity index (χ1) is 7.79. The van der Waals surface area contributed by atoms with E-state index < -0.39 is 18.8 Å². The smallest absolute Gasteiger partial charge is 0.329 e. The largest absolute Gasteiger partial charge is 0.405 e. The molecule has 0 bridgehead atoms. The normalized spacial score (nSPS) is 18.0. The molecule has 0 aromatic heterocycles. The number of carbonyl (C=O) groups excluding carboxylic acids is 2. The topological polar surface area (TPSA) is 49.4 Å². The number of Topliss-reactive ketones (excluding diaryl/α,β-unsaturated/α-hetero) is 1. The highest BCUT2D eigenvalue weighted by Gasteiger charge is 2.30. The van der Waals surface area contributed by atoms with Crippen molar-refractivity contribution < 1.29 is 22.8 Å². The summed E-state index contributed by atoms with van der Waals surface area (Å²) in [5.74, 6) is 0.144. The SMILES string of the molecule is CN(C(=O)NCC(F)(F)F)C1CCC(=O)CC1. The van der Waals surface area contributed by atoms with Crippen molar-refractivity contribution in [2.24, 2.45) is 0 Å². The fourth-order valence-corrected chi connectivity index (χ4v) is 1.78. The number of urea groups is 1. The molecule has 1 aliphatic rings. The van der Waals surface area contributed by atoms with Gasteiger partial charge in [-0.1, -0.05) is 0 Å². The van der Waals surface area contributed by atoms with E-state index >= 15 is 0 Å². The van der Waals surface area contributed by atoms with E-state index in [1.54, 1.807) is 0 Å². The van der Waals surface area contributed by atoms with Crippen LogP contribution >= 0.6 is 0 Å². The number of amides is 2. The Bertz CT molecular complexity index is 294. The number of hydrogen-bond donors (Lipinski definition) is 1. The van der Waals surface area contributed by atoms with Gasteiger partial charge in [-0.3, -0.25) is 4.79 Å². The third-order valence-corrected chi connectivity index (χ3v) is 2.82. The molecule has 1 N–H and O–H groups in total. The summed E-state index contributed by atoms with van der Waals surface area (Å²) in [7, 11) is 1.45. The standard InChI is InChI=1S/C10H15F3N2O2/c1-15(7-2-4-8(16)5-3-7)9(17)14-6-10(11,12)13/h7H,2-6H2,1H3,(H,14,17). The van der Waals surface area contributed by atoms with Crippen molar-refractivity contribution in [3.05, 3.63) is 0 Å². The van der Waals surface area contributed by atoms with Crippen LogP contribution in [0.2, 0.25) is 0 Å². The van der Waals surface area contributed by atoms with Crippen LogP contribution in [0, 0.1) is 0 Å². The Labute approximate surface area is 97.1 Å². The summed E-state index contributed by atoms with van der Waals surface area (Å²) < 4.78 is 35.7. The molecular formula is C10H15F3N2O2. The Balaban J connectivity index is 2.38. The molecule has 7 heteroatoms. The number of hydrogen-bond acceptors (Lipinski definition) is 2. The maximum absolute atomic E-state index is 11.9. The summed E-state index contributed by atoms with van der Waals surface area (Å²) in [6, 6.07) is -0.900. The number of alkyl halides is 3. The van der Waals surface area contributed by atoms with E-state index in [-0.39, 0.29) is 11.8 Å². The lowest BCUT2D eigenvalue weighted by Gasteiger charge is -2.30. The molecule has 0 radical (unpaired) electrons. The Morgan fingerprint density at radius 1 is 1.41 bits per heavy atom. The van der Waals surface area contributed by atoms with Gasteiger partial charge in [0.2, 0.25) is 0 Å². The van der Waals surface area contributed by atoms with Crippen LogP contribution in [0.15, 0.2) is 0 Å². The van der Waals surface area contributed by atoms with Crippen LogP contribution < -0.4 is 5.32 Å². The van der Waals surface area contributed by atoms with E-state index in [1.807, 2.05) is 5.32 Å². The Morgan fingerprint density at radius 2 is 1.94 bits per heavy atom. The van der Waals surface area contributed by atoms with Gasteiger partial charge < -0.3 is 10.2 Å². The fourth-order valence-electron chi connectivity index (χ4n) is 1.78. The molecule has 1 fully saturated rings. The first-order valence-corrected chi connectivity index (χ1v) is 5.38. The molecule has 98 valence electrons. The molecule has 0 atom stereocenters. The first kappa shape index (κ1) is 13.8. The highest BCUT2D eigenvalue weighted by atomic mass is 19.4. The number of ketones is 1. The second kappa shape index (κ2) is 5.37. The zero-order valence-electron chi connectivity index (χ0n) is 9.51. The van der Waals surface area contributed by atoms with Crippen LogP contribution in [0.3, 0.4) is 0 Å². The molecule has 4 nitrogen and oxygen atoms in total. The van der Waals surface area contributed by atoms with Gasteiger partial charge >= 0.3 is 12.2 Å². The van der Waals surface area contributed by atoms with Crippen molar-refractivity contribution >= 4 is 11.8 Å². The molecule has 17 heavy (non-hydrogen) atoms. The predicted molar refractivity (Wildman–Crippen MR) is 54.5 cm³/mol. The lowest BCUT2D eigenvalue weighted by molar-refractivity contribution is -0.123. The number of halogens is 3. The zero-order valence-corrected chi connectivity index (χ0v) is 9.51. The molecule has 1 rings (SSSR count). The average Bonchev–Trinajstić information content (AvgIpc) is 2.25. The number of nitrogens with zero attached hydrogens (tertiary/aromatic N) is 1. The van der Waals surface area contributed by atoms with Crippen molar-refractivity contribution in [1.29, 1.82) is 0 Å². The van der Waals surface area contributed by atoms with E-state index in [1.165, 1.54) is 11.9 Å². The monoisotopic (exact) mass is 252 g/mol. The molecule has 0 spiro atoms. The van der Waals surface area contributed by atoms with Crippen molar-refractivity contribution in [3.8, 4) is 0 Å². The lowest BCUT2D eigenvalue weighted by atomic mass is 9.93. The minimum Gasteiger partial charge on any atom is -0.329 e. The molecule has 2 amide bonds. The molecule has 0 aromatic carbocycles. The quantitative estimate of drug-likeness (QED) is 0.813. The third-order valence-electron chi connectivity index (χ3n) is 2.82. The Kier molecular flexibility index (Phi) is 4.36. The number of nitrogens with one attached hydrogen (secondary N) is 1. The van der Waals surface area contributed by atoms with Gasteiger partial charge in [-0.15, -0.1) is 0 Å². The molecule has 0 unspecified atom stereocenters. The van der Waals surface area contributed by atoms with Crippen molar-refractivity contribution in [2.45, 2.75) is 37.9 Å². The van der Waals surface area contributed by atoms with Gasteiger partial charge in [0.15, 0.2) is 0 Å². The van der Waals surface area contributed by atoms with Crippen LogP contribution in [0.1, 0.15) is 25.7 Å². The summed E-state index contributed by atoms with van der Waals surface area (Å²) in [5, 5.41) is 1.81. The van der Waals surface area contributed by atoms with Gasteiger partial charge in [-0.25, -0.2) is 4.79 Å². The molecule has 1 saturated carbocycles. The van der Waals surface area contributed by atoms with Gasteiger partial charge in [-0.2, -0.15) is 13.2 Å². The summed E-state index contributed by atoms with van der Waals surface area (Å²) in [5.41, 5.74) is 0. The number of rotatable bonds is 2. The van der Waals surface area contributed by atoms with Gasteiger partial charge in [0.05, 0.1) is 0 Å². The lowest BCUT2D eigenvalue weighted by Crippen LogP contribution is -2.47. The van der Waals surface area contributed by atoms with Crippen LogP contribution in [-0.4, -0.2) is 42.5 Å². The van der Waals surface area contributed by atoms with Gasteiger partial charge in [0.25, 0.3) is 0 Å². The minimum absolute atomic E-state index is 0.144. The maximum Gasteiger partial charge on any atom is 0.405 e. The summed E-state index contributed by atoms with van der Waals surface area (Å²) in [4.78, 5) is 23.6. The fraction of sp³-hybridized carbons (Fsp3) is 0.800. The molecular weight excluding hydrogens is 237 g/mol. The van der Waals surface area contributed by atoms with E-state index in [0.29, 0.717) is 25.7 Å². The maximum atomic E-state index is 11.9. The highest BCUT2D eigenvalue weighted by Crippen LogP contribution is 2.19. The highest BCUT2D eigenvalue weighted by molar-refractivity contribution is 5.80. The molecule has 0 heterocycles. The van der Waals surface area contributed by atoms with E-state index in [2.05, 4.69) is 0 Å². The number of carbonyl (C=O) groups is 2. The molecule has 0 aromatic rings. The summed E-state index contributed by atoms with van der Waals surface area (Å²) in [6.07, 6.45) is -2.58. The summed E-state index contributed by atoms with van der Waals surface area (Å²) >= 11 is 0. The van der Waals surface area contributed by atoms with Crippen LogP contribution in [0.25, 0.3) is 0 Å². The van der Waals surface area contributed by atoms with Gasteiger partial charge in [-0.05, 0) is 12.8 Å². The summed E-state index contributed by atoms with van der Waals surface area (Å²) in [6.45, 7) is -1.33. The zero-order chi connectivity index (χ0) is 13.1. The predicted octanol–water partition coefficient (Wildman–Crippen LogP) is 1.70. The van der Waals surface area contributed by atoms with Crippen LogP contribution in [0.5, 0.6) is 0 Å². The van der Waals surface area contributed by atoms with Crippen LogP contribution in [0.4, 0.5) is 18.0 Å². The second-order valence-electron chi connectivity index (χ2n) is 4.15. The third kappa shape index (κ3) is 4.62. The molecule has 0 saturated heterocycles. The molecule has 0 aliphatic heterocycles. The van der Waals surface area contributed by atoms with Crippen LogP contribution in [-0.2, 0) is 4.79 Å².